The molecule has 0 radical (unpaired) electrons. The Kier molecular flexibility index (Phi) is 8.47. The maximum Gasteiger partial charge on any atom is 0.294 e. The molecule has 0 bridgehead atoms. The Hall–Kier alpha value is -3.06. The molecule has 150 valence electrons. The van der Waals surface area contributed by atoms with E-state index in [0.29, 0.717) is 5.02 Å². The van der Waals surface area contributed by atoms with Crippen molar-refractivity contribution in [3.63, 3.8) is 0 Å². The molecule has 0 amide bonds. The molecule has 0 atom stereocenters. The van der Waals surface area contributed by atoms with Crippen molar-refractivity contribution in [2.45, 2.75) is 11.8 Å². The van der Waals surface area contributed by atoms with Gasteiger partial charge in [-0.15, -0.1) is 0 Å². The van der Waals surface area contributed by atoms with Crippen molar-refractivity contribution in [1.82, 2.24) is 10.9 Å². The largest absolute Gasteiger partial charge is 0.294 e. The highest BCUT2D eigenvalue weighted by atomic mass is 35.5. The number of hydrogen-bond donors (Lipinski definition) is 5. The molecule has 28 heavy (non-hydrogen) atoms. The van der Waals surface area contributed by atoms with Crippen LogP contribution in [0, 0.1) is 22.4 Å². The number of rotatable bonds is 4. The molecule has 0 saturated carbocycles. The zero-order valence-corrected chi connectivity index (χ0v) is 15.9. The van der Waals surface area contributed by atoms with Gasteiger partial charge in [0.1, 0.15) is 0 Å². The van der Waals surface area contributed by atoms with Crippen molar-refractivity contribution < 1.29 is 23.1 Å². The summed E-state index contributed by atoms with van der Waals surface area (Å²) in [4.78, 5) is 10.0. The van der Waals surface area contributed by atoms with Crippen LogP contribution in [0.1, 0.15) is 11.1 Å². The van der Waals surface area contributed by atoms with Crippen LogP contribution in [0.25, 0.3) is 0 Å². The van der Waals surface area contributed by atoms with E-state index in [2.05, 4.69) is 10.5 Å². The van der Waals surface area contributed by atoms with Crippen LogP contribution in [-0.2, 0) is 10.1 Å². The standard InChI is InChI=1S/C8H8ClN5O3.C7H8O3S/c9-6-1-2-7(14(16)17)5(3-6)4-11-12-8(10)13-15;1-6-2-4-7(5-3-6)11(8,9)10/h1-4,15H,(H3,10,12,13);2-5H,1H3,(H,8,9,10). The second-order valence-corrected chi connectivity index (χ2v) is 6.96. The lowest BCUT2D eigenvalue weighted by molar-refractivity contribution is -0.385. The molecule has 13 heteroatoms. The number of nitrogens with zero attached hydrogens (tertiary/aromatic N) is 2. The quantitative estimate of drug-likeness (QED) is 0.161. The van der Waals surface area contributed by atoms with Gasteiger partial charge in [0.15, 0.2) is 0 Å². The highest BCUT2D eigenvalue weighted by Crippen LogP contribution is 2.20. The van der Waals surface area contributed by atoms with E-state index in [9.17, 15) is 18.5 Å². The lowest BCUT2D eigenvalue weighted by Gasteiger charge is -2.00. The molecular formula is C15H16ClN5O6S. The van der Waals surface area contributed by atoms with Gasteiger partial charge < -0.3 is 0 Å². The van der Waals surface area contributed by atoms with Gasteiger partial charge in [-0.1, -0.05) is 29.3 Å². The normalized spacial score (nSPS) is 10.7. The van der Waals surface area contributed by atoms with E-state index in [4.69, 9.17) is 26.8 Å². The van der Waals surface area contributed by atoms with Crippen molar-refractivity contribution in [1.29, 1.82) is 5.41 Å². The van der Waals surface area contributed by atoms with Gasteiger partial charge in [0, 0.05) is 11.1 Å². The molecule has 2 rings (SSSR count). The lowest BCUT2D eigenvalue weighted by atomic mass is 10.2. The molecule has 11 nitrogen and oxygen atoms in total. The van der Waals surface area contributed by atoms with Crippen LogP contribution in [0.4, 0.5) is 5.69 Å². The Bertz CT molecular complexity index is 979. The van der Waals surface area contributed by atoms with Crippen LogP contribution in [0.5, 0.6) is 0 Å². The number of hydroxylamine groups is 1. The number of hydrazone groups is 1. The molecule has 5 N–H and O–H groups in total. The summed E-state index contributed by atoms with van der Waals surface area (Å²) in [6.45, 7) is 1.84. The van der Waals surface area contributed by atoms with Crippen LogP contribution in [0.3, 0.4) is 0 Å². The number of nitro groups is 1. The monoisotopic (exact) mass is 429 g/mol. The Morgan fingerprint density at radius 3 is 2.39 bits per heavy atom. The smallest absolute Gasteiger partial charge is 0.288 e. The van der Waals surface area contributed by atoms with E-state index in [1.807, 2.05) is 6.92 Å². The van der Waals surface area contributed by atoms with Crippen molar-refractivity contribution >= 4 is 39.6 Å². The predicted octanol–water partition coefficient (Wildman–Crippen LogP) is 2.33. The van der Waals surface area contributed by atoms with Gasteiger partial charge in [-0.05, 0) is 31.2 Å². The first-order valence-corrected chi connectivity index (χ1v) is 9.12. The Labute approximate surface area is 165 Å². The molecule has 0 aliphatic rings. The number of guanidine groups is 1. The molecule has 0 saturated heterocycles. The van der Waals surface area contributed by atoms with Crippen LogP contribution in [0.15, 0.2) is 52.5 Å². The van der Waals surface area contributed by atoms with Crippen LogP contribution in [0.2, 0.25) is 5.02 Å². The van der Waals surface area contributed by atoms with E-state index in [1.54, 1.807) is 12.1 Å². The van der Waals surface area contributed by atoms with E-state index >= 15 is 0 Å². The zero-order valence-electron chi connectivity index (χ0n) is 14.3. The average Bonchev–Trinajstić information content (AvgIpc) is 2.61. The summed E-state index contributed by atoms with van der Waals surface area (Å²) in [5, 5.41) is 29.7. The minimum atomic E-state index is -4.02. The fraction of sp³-hybridized carbons (Fsp3) is 0.0667. The molecule has 0 fully saturated rings. The SMILES string of the molecule is Cc1ccc(S(=O)(=O)O)cc1.N=C(NO)NN=Cc1cc(Cl)ccc1[N+](=O)[O-]. The zero-order chi connectivity index (χ0) is 21.3. The summed E-state index contributed by atoms with van der Waals surface area (Å²) in [6, 6.07) is 9.99. The molecule has 0 aliphatic heterocycles. The maximum atomic E-state index is 10.7. The number of nitrogens with one attached hydrogen (secondary N) is 3. The number of aryl methyl sites for hydroxylation is 1. The highest BCUT2D eigenvalue weighted by molar-refractivity contribution is 7.85. The number of hydrogen-bond acceptors (Lipinski definition) is 7. The first-order chi connectivity index (χ1) is 13.0. The van der Waals surface area contributed by atoms with Gasteiger partial charge >= 0.3 is 0 Å². The summed E-state index contributed by atoms with van der Waals surface area (Å²) < 4.78 is 29.6. The number of nitro benzene ring substituents is 1. The molecule has 0 spiro atoms. The number of halogens is 1. The molecule has 0 aromatic heterocycles. The van der Waals surface area contributed by atoms with Gasteiger partial charge in [-0.3, -0.25) is 25.3 Å². The predicted molar refractivity (Wildman–Crippen MR) is 102 cm³/mol. The molecule has 0 heterocycles. The Morgan fingerprint density at radius 2 is 1.89 bits per heavy atom. The third kappa shape index (κ3) is 7.67. The highest BCUT2D eigenvalue weighted by Gasteiger charge is 2.12. The fourth-order valence-electron chi connectivity index (χ4n) is 1.70. The van der Waals surface area contributed by atoms with Gasteiger partial charge in [-0.25, -0.2) is 10.9 Å². The summed E-state index contributed by atoms with van der Waals surface area (Å²) >= 11 is 5.69. The third-order valence-corrected chi connectivity index (χ3v) is 4.10. The minimum Gasteiger partial charge on any atom is -0.288 e. The van der Waals surface area contributed by atoms with Crippen LogP contribution >= 0.6 is 11.6 Å². The van der Waals surface area contributed by atoms with Crippen molar-refractivity contribution in [3.05, 3.63) is 68.7 Å². The maximum absolute atomic E-state index is 10.7. The van der Waals surface area contributed by atoms with Crippen molar-refractivity contribution in [2.24, 2.45) is 5.10 Å². The van der Waals surface area contributed by atoms with E-state index in [1.165, 1.54) is 35.8 Å². The summed E-state index contributed by atoms with van der Waals surface area (Å²) in [5.41, 5.74) is 4.56. The fourth-order valence-corrected chi connectivity index (χ4v) is 2.36. The molecule has 0 unspecified atom stereocenters. The summed E-state index contributed by atoms with van der Waals surface area (Å²) in [6.07, 6.45) is 1.12. The summed E-state index contributed by atoms with van der Waals surface area (Å²) in [7, 11) is -4.02. The first-order valence-electron chi connectivity index (χ1n) is 7.30. The number of benzene rings is 2. The van der Waals surface area contributed by atoms with E-state index in [0.717, 1.165) is 11.8 Å². The van der Waals surface area contributed by atoms with Gasteiger partial charge in [0.05, 0.1) is 21.6 Å². The molecule has 2 aromatic carbocycles. The van der Waals surface area contributed by atoms with E-state index in [-0.39, 0.29) is 16.1 Å². The van der Waals surface area contributed by atoms with Crippen LogP contribution in [-0.4, -0.2) is 35.3 Å². The first kappa shape index (κ1) is 23.0. The molecule has 2 aromatic rings. The van der Waals surface area contributed by atoms with Crippen molar-refractivity contribution in [3.8, 4) is 0 Å². The lowest BCUT2D eigenvalue weighted by Crippen LogP contribution is -2.30. The van der Waals surface area contributed by atoms with Crippen LogP contribution < -0.4 is 10.9 Å². The second kappa shape index (κ2) is 10.3. The Morgan fingerprint density at radius 1 is 1.29 bits per heavy atom. The van der Waals surface area contributed by atoms with Gasteiger partial charge in [0.25, 0.3) is 15.8 Å². The summed E-state index contributed by atoms with van der Waals surface area (Å²) in [5.74, 6) is -0.467. The van der Waals surface area contributed by atoms with Gasteiger partial charge in [0.2, 0.25) is 5.96 Å². The van der Waals surface area contributed by atoms with Gasteiger partial charge in [-0.2, -0.15) is 13.5 Å². The molecule has 0 aliphatic carbocycles. The van der Waals surface area contributed by atoms with Crippen molar-refractivity contribution in [2.75, 3.05) is 0 Å². The van der Waals surface area contributed by atoms with E-state index < -0.39 is 21.0 Å². The Balaban J connectivity index is 0.000000307. The topological polar surface area (TPSA) is 178 Å². The third-order valence-electron chi connectivity index (χ3n) is 3.00. The molecular weight excluding hydrogens is 414 g/mol. The average molecular weight is 430 g/mol. The second-order valence-electron chi connectivity index (χ2n) is 5.11. The minimum absolute atomic E-state index is 0.0666.